The van der Waals surface area contributed by atoms with E-state index in [-0.39, 0.29) is 5.41 Å². The van der Waals surface area contributed by atoms with Gasteiger partial charge < -0.3 is 10.6 Å². The van der Waals surface area contributed by atoms with Crippen molar-refractivity contribution in [2.45, 2.75) is 58.0 Å². The number of nitrogens with one attached hydrogen (secondary N) is 2. The van der Waals surface area contributed by atoms with Crippen molar-refractivity contribution in [1.29, 1.82) is 0 Å². The second-order valence-corrected chi connectivity index (χ2v) is 6.79. The molecule has 1 heterocycles. The molecule has 0 saturated carbocycles. The summed E-state index contributed by atoms with van der Waals surface area (Å²) >= 11 is 0. The smallest absolute Gasteiger partial charge is 0.0476 e. The molecule has 0 bridgehead atoms. The van der Waals surface area contributed by atoms with Gasteiger partial charge >= 0.3 is 0 Å². The zero-order valence-electron chi connectivity index (χ0n) is 13.0. The van der Waals surface area contributed by atoms with Crippen LogP contribution in [-0.4, -0.2) is 19.6 Å². The highest BCUT2D eigenvalue weighted by Crippen LogP contribution is 2.29. The van der Waals surface area contributed by atoms with Crippen LogP contribution in [0.2, 0.25) is 0 Å². The lowest BCUT2D eigenvalue weighted by atomic mass is 9.84. The highest BCUT2D eigenvalue weighted by atomic mass is 15.0. The van der Waals surface area contributed by atoms with Crippen LogP contribution in [0.3, 0.4) is 0 Å². The lowest BCUT2D eigenvalue weighted by Crippen LogP contribution is -2.36. The van der Waals surface area contributed by atoms with Gasteiger partial charge in [-0.1, -0.05) is 39.0 Å². The van der Waals surface area contributed by atoms with Crippen molar-refractivity contribution >= 4 is 0 Å². The largest absolute Gasteiger partial charge is 0.312 e. The molecule has 0 aromatic heterocycles. The Morgan fingerprint density at radius 3 is 2.53 bits per heavy atom. The van der Waals surface area contributed by atoms with Crippen molar-refractivity contribution in [1.82, 2.24) is 10.6 Å². The molecular weight excluding hydrogens is 232 g/mol. The summed E-state index contributed by atoms with van der Waals surface area (Å²) in [6.07, 6.45) is 2.56. The maximum absolute atomic E-state index is 3.62. The van der Waals surface area contributed by atoms with Crippen LogP contribution in [0.5, 0.6) is 0 Å². The van der Waals surface area contributed by atoms with Gasteiger partial charge in [-0.3, -0.25) is 0 Å². The summed E-state index contributed by atoms with van der Waals surface area (Å²) < 4.78 is 0. The van der Waals surface area contributed by atoms with Crippen LogP contribution in [0.15, 0.2) is 18.2 Å². The Labute approximate surface area is 118 Å². The molecule has 1 aliphatic heterocycles. The van der Waals surface area contributed by atoms with E-state index in [1.54, 1.807) is 0 Å². The van der Waals surface area contributed by atoms with Gasteiger partial charge in [0.2, 0.25) is 0 Å². The third-order valence-electron chi connectivity index (χ3n) is 4.28. The van der Waals surface area contributed by atoms with Crippen LogP contribution in [0, 0.1) is 6.92 Å². The van der Waals surface area contributed by atoms with Gasteiger partial charge in [-0.2, -0.15) is 0 Å². The van der Waals surface area contributed by atoms with Crippen LogP contribution in [-0.2, 0) is 5.41 Å². The monoisotopic (exact) mass is 260 g/mol. The van der Waals surface area contributed by atoms with Gasteiger partial charge in [0.15, 0.2) is 0 Å². The third kappa shape index (κ3) is 3.18. The average Bonchev–Trinajstić information content (AvgIpc) is 2.84. The molecule has 0 radical (unpaired) electrons. The lowest BCUT2D eigenvalue weighted by molar-refractivity contribution is 0.438. The Bertz CT molecular complexity index is 425. The number of rotatable bonds is 3. The third-order valence-corrected chi connectivity index (χ3v) is 4.28. The van der Waals surface area contributed by atoms with E-state index >= 15 is 0 Å². The van der Waals surface area contributed by atoms with Crippen molar-refractivity contribution < 1.29 is 0 Å². The second kappa shape index (κ2) is 5.64. The SMILES string of the molecule is CNC(c1ccc(C(C)(C)C)cc1C)C1CCCN1. The molecule has 1 aromatic rings. The van der Waals surface area contributed by atoms with Crippen LogP contribution in [0.25, 0.3) is 0 Å². The van der Waals surface area contributed by atoms with Gasteiger partial charge in [0.1, 0.15) is 0 Å². The first kappa shape index (κ1) is 14.5. The van der Waals surface area contributed by atoms with Gasteiger partial charge in [-0.25, -0.2) is 0 Å². The van der Waals surface area contributed by atoms with Crippen molar-refractivity contribution in [3.8, 4) is 0 Å². The molecule has 2 unspecified atom stereocenters. The number of hydrogen-bond acceptors (Lipinski definition) is 2. The van der Waals surface area contributed by atoms with E-state index in [2.05, 4.69) is 63.6 Å². The molecule has 1 aliphatic rings. The molecular formula is C17H28N2. The second-order valence-electron chi connectivity index (χ2n) is 6.79. The Morgan fingerprint density at radius 2 is 2.05 bits per heavy atom. The number of likely N-dealkylation sites (N-methyl/N-ethyl adjacent to an activating group) is 1. The predicted octanol–water partition coefficient (Wildman–Crippen LogP) is 3.31. The van der Waals surface area contributed by atoms with Crippen LogP contribution in [0.4, 0.5) is 0 Å². The van der Waals surface area contributed by atoms with Crippen molar-refractivity contribution in [3.05, 3.63) is 34.9 Å². The molecule has 1 saturated heterocycles. The van der Waals surface area contributed by atoms with E-state index in [4.69, 9.17) is 0 Å². The molecule has 19 heavy (non-hydrogen) atoms. The van der Waals surface area contributed by atoms with Crippen LogP contribution < -0.4 is 10.6 Å². The van der Waals surface area contributed by atoms with E-state index in [0.29, 0.717) is 12.1 Å². The van der Waals surface area contributed by atoms with Crippen molar-refractivity contribution in [2.24, 2.45) is 0 Å². The predicted molar refractivity (Wildman–Crippen MR) is 82.7 cm³/mol. The molecule has 2 nitrogen and oxygen atoms in total. The summed E-state index contributed by atoms with van der Waals surface area (Å²) in [5.41, 5.74) is 4.49. The zero-order chi connectivity index (χ0) is 14.0. The Balaban J connectivity index is 2.28. The summed E-state index contributed by atoms with van der Waals surface area (Å²) in [5.74, 6) is 0. The summed E-state index contributed by atoms with van der Waals surface area (Å²) in [6, 6.07) is 7.97. The molecule has 2 rings (SSSR count). The van der Waals surface area contributed by atoms with Gasteiger partial charge in [0, 0.05) is 12.1 Å². The summed E-state index contributed by atoms with van der Waals surface area (Å²) in [7, 11) is 2.07. The van der Waals surface area contributed by atoms with E-state index in [1.165, 1.54) is 29.5 Å². The van der Waals surface area contributed by atoms with Crippen LogP contribution >= 0.6 is 0 Å². The highest BCUT2D eigenvalue weighted by Gasteiger charge is 2.26. The maximum atomic E-state index is 3.62. The van der Waals surface area contributed by atoms with E-state index in [1.807, 2.05) is 0 Å². The van der Waals surface area contributed by atoms with Crippen molar-refractivity contribution in [2.75, 3.05) is 13.6 Å². The summed E-state index contributed by atoms with van der Waals surface area (Å²) in [4.78, 5) is 0. The first-order valence-corrected chi connectivity index (χ1v) is 7.45. The number of benzene rings is 1. The van der Waals surface area contributed by atoms with E-state index in [0.717, 1.165) is 6.54 Å². The van der Waals surface area contributed by atoms with Crippen molar-refractivity contribution in [3.63, 3.8) is 0 Å². The lowest BCUT2D eigenvalue weighted by Gasteiger charge is -2.27. The minimum Gasteiger partial charge on any atom is -0.312 e. The van der Waals surface area contributed by atoms with Gasteiger partial charge in [-0.05, 0) is 55.5 Å². The number of aryl methyl sites for hydroxylation is 1. The number of hydrogen-bond donors (Lipinski definition) is 2. The van der Waals surface area contributed by atoms with Gasteiger partial charge in [-0.15, -0.1) is 0 Å². The summed E-state index contributed by atoms with van der Waals surface area (Å²) in [6.45, 7) is 10.2. The fourth-order valence-electron chi connectivity index (χ4n) is 3.06. The first-order valence-electron chi connectivity index (χ1n) is 7.45. The Kier molecular flexibility index (Phi) is 4.32. The topological polar surface area (TPSA) is 24.1 Å². The zero-order valence-corrected chi connectivity index (χ0v) is 13.0. The van der Waals surface area contributed by atoms with Gasteiger partial charge in [0.05, 0.1) is 0 Å². The molecule has 0 spiro atoms. The molecule has 0 amide bonds. The first-order chi connectivity index (χ1) is 8.93. The standard InChI is InChI=1S/C17H28N2/c1-12-11-13(17(2,3)4)8-9-14(12)16(18-5)15-7-6-10-19-15/h8-9,11,15-16,18-19H,6-7,10H2,1-5H3. The summed E-state index contributed by atoms with van der Waals surface area (Å²) in [5, 5.41) is 7.11. The average molecular weight is 260 g/mol. The molecule has 1 fully saturated rings. The molecule has 2 atom stereocenters. The fourth-order valence-corrected chi connectivity index (χ4v) is 3.06. The maximum Gasteiger partial charge on any atom is 0.0476 e. The molecule has 2 heteroatoms. The Morgan fingerprint density at radius 1 is 1.32 bits per heavy atom. The minimum absolute atomic E-state index is 0.226. The van der Waals surface area contributed by atoms with E-state index in [9.17, 15) is 0 Å². The fraction of sp³-hybridized carbons (Fsp3) is 0.647. The van der Waals surface area contributed by atoms with Crippen LogP contribution in [0.1, 0.15) is 56.3 Å². The minimum atomic E-state index is 0.226. The van der Waals surface area contributed by atoms with E-state index < -0.39 is 0 Å². The van der Waals surface area contributed by atoms with Gasteiger partial charge in [0.25, 0.3) is 0 Å². The highest BCUT2D eigenvalue weighted by molar-refractivity contribution is 5.37. The molecule has 0 aliphatic carbocycles. The molecule has 1 aromatic carbocycles. The normalized spacial score (nSPS) is 21.6. The molecule has 2 N–H and O–H groups in total. The Hall–Kier alpha value is -0.860. The molecule has 106 valence electrons. The quantitative estimate of drug-likeness (QED) is 0.871.